The van der Waals surface area contributed by atoms with Crippen LogP contribution in [0.25, 0.3) is 22.4 Å². The SMILES string of the molecule is COc1ccc(-c2nc3sc(=Cc4ccccc4[N+](=O)[O-])c(=O)n3n2)cc1. The molecule has 4 rings (SSSR count). The molecule has 134 valence electrons. The van der Waals surface area contributed by atoms with Crippen LogP contribution in [0.4, 0.5) is 5.69 Å². The number of nitro groups is 1. The number of para-hydroxylation sites is 1. The highest BCUT2D eigenvalue weighted by Gasteiger charge is 2.14. The molecule has 0 fully saturated rings. The van der Waals surface area contributed by atoms with Gasteiger partial charge in [0.25, 0.3) is 11.2 Å². The van der Waals surface area contributed by atoms with Gasteiger partial charge in [0.1, 0.15) is 5.75 Å². The lowest BCUT2D eigenvalue weighted by molar-refractivity contribution is -0.385. The van der Waals surface area contributed by atoms with Gasteiger partial charge in [0.15, 0.2) is 5.82 Å². The van der Waals surface area contributed by atoms with Crippen LogP contribution in [0.15, 0.2) is 53.3 Å². The van der Waals surface area contributed by atoms with E-state index in [1.165, 1.54) is 16.7 Å². The number of methoxy groups -OCH3 is 1. The van der Waals surface area contributed by atoms with Gasteiger partial charge in [-0.05, 0) is 36.4 Å². The molecule has 0 aliphatic rings. The van der Waals surface area contributed by atoms with Crippen LogP contribution in [-0.4, -0.2) is 26.6 Å². The van der Waals surface area contributed by atoms with Gasteiger partial charge in [-0.3, -0.25) is 14.9 Å². The van der Waals surface area contributed by atoms with Crippen molar-refractivity contribution in [2.45, 2.75) is 0 Å². The summed E-state index contributed by atoms with van der Waals surface area (Å²) in [6.07, 6.45) is 1.49. The number of benzene rings is 2. The fraction of sp³-hybridized carbons (Fsp3) is 0.0556. The predicted molar refractivity (Wildman–Crippen MR) is 101 cm³/mol. The fourth-order valence-corrected chi connectivity index (χ4v) is 3.51. The van der Waals surface area contributed by atoms with Crippen LogP contribution in [-0.2, 0) is 0 Å². The van der Waals surface area contributed by atoms with Crippen LogP contribution in [0.1, 0.15) is 5.56 Å². The van der Waals surface area contributed by atoms with Gasteiger partial charge in [-0.1, -0.05) is 23.5 Å². The van der Waals surface area contributed by atoms with Crippen molar-refractivity contribution in [1.82, 2.24) is 14.6 Å². The average Bonchev–Trinajstić information content (AvgIpc) is 3.22. The summed E-state index contributed by atoms with van der Waals surface area (Å²) >= 11 is 1.14. The highest BCUT2D eigenvalue weighted by molar-refractivity contribution is 7.15. The number of rotatable bonds is 4. The van der Waals surface area contributed by atoms with Gasteiger partial charge in [-0.15, -0.1) is 5.10 Å². The van der Waals surface area contributed by atoms with Crippen molar-refractivity contribution in [2.24, 2.45) is 0 Å². The molecule has 0 saturated heterocycles. The summed E-state index contributed by atoms with van der Waals surface area (Å²) in [5.74, 6) is 1.14. The molecule has 2 aromatic heterocycles. The quantitative estimate of drug-likeness (QED) is 0.398. The molecule has 0 amide bonds. The maximum atomic E-state index is 12.6. The molecule has 0 saturated carbocycles. The third kappa shape index (κ3) is 3.04. The molecule has 0 atom stereocenters. The molecule has 9 heteroatoms. The first-order valence-corrected chi connectivity index (χ1v) is 8.67. The number of thiazole rings is 1. The zero-order chi connectivity index (χ0) is 19.0. The fourth-order valence-electron chi connectivity index (χ4n) is 2.61. The molecule has 2 heterocycles. The van der Waals surface area contributed by atoms with E-state index in [4.69, 9.17) is 4.74 Å². The smallest absolute Gasteiger partial charge is 0.291 e. The van der Waals surface area contributed by atoms with Crippen LogP contribution in [0.5, 0.6) is 5.75 Å². The Kier molecular flexibility index (Phi) is 4.13. The van der Waals surface area contributed by atoms with E-state index in [-0.39, 0.29) is 11.2 Å². The molecule has 0 N–H and O–H groups in total. The summed E-state index contributed by atoms with van der Waals surface area (Å²) < 4.78 is 6.67. The molecule has 0 spiro atoms. The monoisotopic (exact) mass is 380 g/mol. The third-order valence-corrected chi connectivity index (χ3v) is 4.91. The Morgan fingerprint density at radius 2 is 1.93 bits per heavy atom. The lowest BCUT2D eigenvalue weighted by Crippen LogP contribution is -2.23. The van der Waals surface area contributed by atoms with E-state index < -0.39 is 4.92 Å². The van der Waals surface area contributed by atoms with Crippen LogP contribution in [0, 0.1) is 10.1 Å². The number of nitrogens with zero attached hydrogens (tertiary/aromatic N) is 4. The lowest BCUT2D eigenvalue weighted by Gasteiger charge is -1.99. The Hall–Kier alpha value is -3.59. The van der Waals surface area contributed by atoms with Crippen molar-refractivity contribution in [3.05, 3.63) is 79.1 Å². The van der Waals surface area contributed by atoms with Gasteiger partial charge < -0.3 is 4.74 Å². The van der Waals surface area contributed by atoms with Gasteiger partial charge in [-0.25, -0.2) is 0 Å². The summed E-state index contributed by atoms with van der Waals surface area (Å²) in [6, 6.07) is 13.4. The van der Waals surface area contributed by atoms with Gasteiger partial charge in [0.2, 0.25) is 4.96 Å². The molecule has 0 radical (unpaired) electrons. The molecular weight excluding hydrogens is 368 g/mol. The van der Waals surface area contributed by atoms with Gasteiger partial charge in [-0.2, -0.15) is 9.50 Å². The van der Waals surface area contributed by atoms with Crippen molar-refractivity contribution < 1.29 is 9.66 Å². The van der Waals surface area contributed by atoms with E-state index in [9.17, 15) is 14.9 Å². The Morgan fingerprint density at radius 1 is 1.19 bits per heavy atom. The molecule has 2 aromatic carbocycles. The third-order valence-electron chi connectivity index (χ3n) is 3.95. The van der Waals surface area contributed by atoms with Gasteiger partial charge >= 0.3 is 0 Å². The average molecular weight is 380 g/mol. The minimum Gasteiger partial charge on any atom is -0.497 e. The first-order valence-electron chi connectivity index (χ1n) is 7.86. The van der Waals surface area contributed by atoms with E-state index in [2.05, 4.69) is 10.1 Å². The number of ether oxygens (including phenoxy) is 1. The zero-order valence-corrected chi connectivity index (χ0v) is 14.8. The molecule has 4 aromatic rings. The summed E-state index contributed by atoms with van der Waals surface area (Å²) in [5, 5.41) is 15.4. The zero-order valence-electron chi connectivity index (χ0n) is 14.0. The van der Waals surface area contributed by atoms with Crippen molar-refractivity contribution in [2.75, 3.05) is 7.11 Å². The van der Waals surface area contributed by atoms with Crippen molar-refractivity contribution in [1.29, 1.82) is 0 Å². The van der Waals surface area contributed by atoms with E-state index in [0.717, 1.165) is 16.9 Å². The van der Waals surface area contributed by atoms with Gasteiger partial charge in [0, 0.05) is 11.6 Å². The van der Waals surface area contributed by atoms with E-state index in [1.807, 2.05) is 12.1 Å². The highest BCUT2D eigenvalue weighted by atomic mass is 32.1. The maximum absolute atomic E-state index is 12.6. The Morgan fingerprint density at radius 3 is 2.59 bits per heavy atom. The summed E-state index contributed by atoms with van der Waals surface area (Å²) in [4.78, 5) is 28.1. The second-order valence-electron chi connectivity index (χ2n) is 5.59. The summed E-state index contributed by atoms with van der Waals surface area (Å²) in [5.41, 5.74) is 0.699. The lowest BCUT2D eigenvalue weighted by atomic mass is 10.2. The normalized spacial score (nSPS) is 11.8. The number of nitro benzene ring substituents is 1. The molecule has 0 unspecified atom stereocenters. The van der Waals surface area contributed by atoms with Crippen molar-refractivity contribution >= 4 is 28.1 Å². The van der Waals surface area contributed by atoms with Crippen LogP contribution in [0.3, 0.4) is 0 Å². The van der Waals surface area contributed by atoms with Crippen molar-refractivity contribution in [3.63, 3.8) is 0 Å². The van der Waals surface area contributed by atoms with Crippen LogP contribution < -0.4 is 14.8 Å². The number of hydrogen-bond acceptors (Lipinski definition) is 7. The molecule has 0 bridgehead atoms. The summed E-state index contributed by atoms with van der Waals surface area (Å²) in [7, 11) is 1.58. The van der Waals surface area contributed by atoms with Crippen LogP contribution in [0.2, 0.25) is 0 Å². The second-order valence-corrected chi connectivity index (χ2v) is 6.60. The van der Waals surface area contributed by atoms with Crippen LogP contribution >= 0.6 is 11.3 Å². The molecular formula is C18H12N4O4S. The molecule has 0 aliphatic carbocycles. The number of aromatic nitrogens is 3. The minimum atomic E-state index is -0.477. The first kappa shape index (κ1) is 16.9. The first-order chi connectivity index (χ1) is 13.1. The van der Waals surface area contributed by atoms with Gasteiger partial charge in [0.05, 0.1) is 22.1 Å². The molecule has 0 aliphatic heterocycles. The molecule has 27 heavy (non-hydrogen) atoms. The Labute approximate surface area is 156 Å². The maximum Gasteiger partial charge on any atom is 0.291 e. The topological polar surface area (TPSA) is 99.6 Å². The van der Waals surface area contributed by atoms with Crippen molar-refractivity contribution in [3.8, 4) is 17.1 Å². The highest BCUT2D eigenvalue weighted by Crippen LogP contribution is 2.21. The Bertz CT molecular complexity index is 1260. The summed E-state index contributed by atoms with van der Waals surface area (Å²) in [6.45, 7) is 0. The minimum absolute atomic E-state index is 0.0604. The van der Waals surface area contributed by atoms with E-state index in [0.29, 0.717) is 26.6 Å². The second kappa shape index (κ2) is 6.61. The Balaban J connectivity index is 1.79. The standard InChI is InChI=1S/C18H12N4O4S/c1-26-13-8-6-11(7-9-13)16-19-18-21(20-16)17(23)15(27-18)10-12-4-2-3-5-14(12)22(24)25/h2-10H,1H3. The number of fused-ring (bicyclic) bond motifs is 1. The van der Waals surface area contributed by atoms with E-state index in [1.54, 1.807) is 37.4 Å². The van der Waals surface area contributed by atoms with E-state index >= 15 is 0 Å². The predicted octanol–water partition coefficient (Wildman–Crippen LogP) is 2.28. The largest absolute Gasteiger partial charge is 0.497 e. The molecule has 8 nitrogen and oxygen atoms in total. The number of hydrogen-bond donors (Lipinski definition) is 0.